The molecule has 6 heteroatoms. The summed E-state index contributed by atoms with van der Waals surface area (Å²) in [6, 6.07) is 0.0421. The van der Waals surface area contributed by atoms with Gasteiger partial charge < -0.3 is 20.1 Å². The highest BCUT2D eigenvalue weighted by atomic mass is 16.5. The number of carbonyl (C=O) groups excluding carboxylic acids is 2. The molecule has 0 rings (SSSR count). The monoisotopic (exact) mass is 344 g/mol. The lowest BCUT2D eigenvalue weighted by atomic mass is 10.1. The molecule has 0 saturated heterocycles. The van der Waals surface area contributed by atoms with Gasteiger partial charge in [0.2, 0.25) is 11.8 Å². The summed E-state index contributed by atoms with van der Waals surface area (Å²) in [7, 11) is 0. The van der Waals surface area contributed by atoms with Gasteiger partial charge in [0.05, 0.1) is 12.7 Å². The molecule has 0 aliphatic heterocycles. The van der Waals surface area contributed by atoms with Crippen molar-refractivity contribution < 1.29 is 19.1 Å². The van der Waals surface area contributed by atoms with Crippen molar-refractivity contribution in [1.29, 1.82) is 0 Å². The number of amides is 2. The van der Waals surface area contributed by atoms with Gasteiger partial charge in [0.25, 0.3) is 0 Å². The van der Waals surface area contributed by atoms with Gasteiger partial charge in [0.1, 0.15) is 0 Å². The summed E-state index contributed by atoms with van der Waals surface area (Å²) < 4.78 is 10.9. The van der Waals surface area contributed by atoms with Crippen LogP contribution in [-0.2, 0) is 19.1 Å². The van der Waals surface area contributed by atoms with Crippen LogP contribution < -0.4 is 10.6 Å². The summed E-state index contributed by atoms with van der Waals surface area (Å²) in [6.07, 6.45) is 1.12. The Kier molecular flexibility index (Phi) is 12.6. The van der Waals surface area contributed by atoms with Crippen molar-refractivity contribution in [1.82, 2.24) is 10.6 Å². The molecule has 24 heavy (non-hydrogen) atoms. The summed E-state index contributed by atoms with van der Waals surface area (Å²) in [5.74, 6) is -0.122. The molecule has 0 aromatic rings. The molecule has 142 valence electrons. The number of carbonyl (C=O) groups is 2. The van der Waals surface area contributed by atoms with Gasteiger partial charge >= 0.3 is 0 Å². The van der Waals surface area contributed by atoms with E-state index in [0.29, 0.717) is 32.3 Å². The number of ether oxygens (including phenoxy) is 2. The minimum atomic E-state index is -0.352. The molecule has 6 nitrogen and oxygen atoms in total. The van der Waals surface area contributed by atoms with Gasteiger partial charge in [-0.1, -0.05) is 20.8 Å². The van der Waals surface area contributed by atoms with Gasteiger partial charge in [-0.15, -0.1) is 0 Å². The molecule has 0 aromatic heterocycles. The second-order valence-electron chi connectivity index (χ2n) is 6.67. The van der Waals surface area contributed by atoms with Crippen molar-refractivity contribution in [2.24, 2.45) is 11.8 Å². The van der Waals surface area contributed by atoms with E-state index in [4.69, 9.17) is 9.47 Å². The smallest absolute Gasteiger partial charge is 0.223 e. The Bertz CT molecular complexity index is 361. The van der Waals surface area contributed by atoms with Gasteiger partial charge in [-0.3, -0.25) is 9.59 Å². The maximum absolute atomic E-state index is 12.1. The van der Waals surface area contributed by atoms with E-state index in [1.54, 1.807) is 6.92 Å². The van der Waals surface area contributed by atoms with E-state index >= 15 is 0 Å². The van der Waals surface area contributed by atoms with Crippen LogP contribution in [0.4, 0.5) is 0 Å². The molecule has 0 aliphatic rings. The zero-order chi connectivity index (χ0) is 18.5. The predicted molar refractivity (Wildman–Crippen MR) is 95.8 cm³/mol. The fraction of sp³-hybridized carbons (Fsp3) is 0.889. The largest absolute Gasteiger partial charge is 0.382 e. The number of nitrogens with one attached hydrogen (secondary N) is 2. The average molecular weight is 344 g/mol. The Hall–Kier alpha value is -1.14. The van der Waals surface area contributed by atoms with E-state index in [1.807, 2.05) is 20.8 Å². The van der Waals surface area contributed by atoms with Crippen molar-refractivity contribution in [3.05, 3.63) is 0 Å². The normalized spacial score (nSPS) is 15.0. The predicted octanol–water partition coefficient (Wildman–Crippen LogP) is 2.12. The molecule has 2 amide bonds. The molecular formula is C18H36N2O4. The van der Waals surface area contributed by atoms with Gasteiger partial charge in [0, 0.05) is 38.1 Å². The van der Waals surface area contributed by atoms with Crippen LogP contribution in [-0.4, -0.2) is 50.3 Å². The quantitative estimate of drug-likeness (QED) is 0.502. The van der Waals surface area contributed by atoms with Crippen molar-refractivity contribution in [3.8, 4) is 0 Å². The first kappa shape index (κ1) is 22.9. The Morgan fingerprint density at radius 1 is 1.04 bits per heavy atom. The Balaban J connectivity index is 3.89. The van der Waals surface area contributed by atoms with E-state index < -0.39 is 0 Å². The van der Waals surface area contributed by atoms with E-state index in [2.05, 4.69) is 24.5 Å². The third-order valence-corrected chi connectivity index (χ3v) is 3.97. The minimum Gasteiger partial charge on any atom is -0.382 e. The number of rotatable bonds is 13. The Morgan fingerprint density at radius 3 is 2.29 bits per heavy atom. The van der Waals surface area contributed by atoms with Crippen LogP contribution in [0.1, 0.15) is 54.4 Å². The van der Waals surface area contributed by atoms with E-state index in [-0.39, 0.29) is 36.3 Å². The summed E-state index contributed by atoms with van der Waals surface area (Å²) in [4.78, 5) is 23.9. The molecule has 0 aromatic carbocycles. The summed E-state index contributed by atoms with van der Waals surface area (Å²) in [5, 5.41) is 5.71. The third kappa shape index (κ3) is 11.4. The highest BCUT2D eigenvalue weighted by Crippen LogP contribution is 2.05. The molecule has 0 radical (unpaired) electrons. The van der Waals surface area contributed by atoms with E-state index in [0.717, 1.165) is 6.42 Å². The highest BCUT2D eigenvalue weighted by molar-refractivity contribution is 5.85. The van der Waals surface area contributed by atoms with Crippen molar-refractivity contribution in [2.45, 2.75) is 66.5 Å². The van der Waals surface area contributed by atoms with Crippen molar-refractivity contribution in [3.63, 3.8) is 0 Å². The van der Waals surface area contributed by atoms with Gasteiger partial charge in [0.15, 0.2) is 0 Å². The summed E-state index contributed by atoms with van der Waals surface area (Å²) >= 11 is 0. The van der Waals surface area contributed by atoms with E-state index in [9.17, 15) is 9.59 Å². The average Bonchev–Trinajstić information content (AvgIpc) is 2.51. The molecule has 0 spiro atoms. The minimum absolute atomic E-state index is 0.0421. The lowest BCUT2D eigenvalue weighted by Gasteiger charge is -2.18. The third-order valence-electron chi connectivity index (χ3n) is 3.97. The second-order valence-corrected chi connectivity index (χ2v) is 6.67. The summed E-state index contributed by atoms with van der Waals surface area (Å²) in [6.45, 7) is 14.1. The van der Waals surface area contributed by atoms with Crippen LogP contribution in [0.5, 0.6) is 0 Å². The van der Waals surface area contributed by atoms with Crippen LogP contribution in [0.2, 0.25) is 0 Å². The molecule has 2 N–H and O–H groups in total. The van der Waals surface area contributed by atoms with Crippen LogP contribution in [0.3, 0.4) is 0 Å². The lowest BCUT2D eigenvalue weighted by molar-refractivity contribution is -0.130. The molecule has 3 unspecified atom stereocenters. The van der Waals surface area contributed by atoms with Crippen LogP contribution >= 0.6 is 0 Å². The lowest BCUT2D eigenvalue weighted by Crippen LogP contribution is -2.39. The van der Waals surface area contributed by atoms with Crippen LogP contribution in [0, 0.1) is 11.8 Å². The summed E-state index contributed by atoms with van der Waals surface area (Å²) in [5.41, 5.74) is 0. The van der Waals surface area contributed by atoms with Gasteiger partial charge in [-0.25, -0.2) is 0 Å². The standard InChI is InChI=1S/C18H36N2O4/c1-7-23-10-8-15(5)20-18(22)14(4)12-17(21)19-9-11-24-16(6)13(2)3/h13-16H,7-12H2,1-6H3,(H,19,21)(H,20,22). The number of hydrogen-bond acceptors (Lipinski definition) is 4. The molecule has 0 saturated carbocycles. The SMILES string of the molecule is CCOCCC(C)NC(=O)C(C)CC(=O)NCCOC(C)C(C)C. The molecule has 0 aliphatic carbocycles. The molecule has 0 heterocycles. The zero-order valence-corrected chi connectivity index (χ0v) is 16.2. The first-order chi connectivity index (χ1) is 11.3. The second kappa shape index (κ2) is 13.2. The van der Waals surface area contributed by atoms with Gasteiger partial charge in [-0.2, -0.15) is 0 Å². The maximum atomic E-state index is 12.1. The Labute approximate surface area is 147 Å². The van der Waals surface area contributed by atoms with Gasteiger partial charge in [-0.05, 0) is 33.1 Å². The van der Waals surface area contributed by atoms with Crippen molar-refractivity contribution >= 4 is 11.8 Å². The topological polar surface area (TPSA) is 76.7 Å². The van der Waals surface area contributed by atoms with Crippen LogP contribution in [0.25, 0.3) is 0 Å². The highest BCUT2D eigenvalue weighted by Gasteiger charge is 2.18. The zero-order valence-electron chi connectivity index (χ0n) is 16.2. The molecule has 0 fully saturated rings. The molecule has 0 bridgehead atoms. The van der Waals surface area contributed by atoms with Crippen molar-refractivity contribution in [2.75, 3.05) is 26.4 Å². The first-order valence-corrected chi connectivity index (χ1v) is 9.04. The number of hydrogen-bond donors (Lipinski definition) is 2. The Morgan fingerprint density at radius 2 is 1.71 bits per heavy atom. The van der Waals surface area contributed by atoms with Crippen LogP contribution in [0.15, 0.2) is 0 Å². The first-order valence-electron chi connectivity index (χ1n) is 9.04. The van der Waals surface area contributed by atoms with E-state index in [1.165, 1.54) is 0 Å². The fourth-order valence-corrected chi connectivity index (χ4v) is 1.93. The molecular weight excluding hydrogens is 308 g/mol. The maximum Gasteiger partial charge on any atom is 0.223 e. The fourth-order valence-electron chi connectivity index (χ4n) is 1.93. The molecule has 3 atom stereocenters.